The number of hydrogen-bond donors (Lipinski definition) is 6. The van der Waals surface area contributed by atoms with Crippen LogP contribution in [0, 0.1) is 6.92 Å². The lowest BCUT2D eigenvalue weighted by Gasteiger charge is -2.31. The van der Waals surface area contributed by atoms with Gasteiger partial charge in [0.15, 0.2) is 0 Å². The Kier molecular flexibility index (Phi) is 15.2. The van der Waals surface area contributed by atoms with Crippen molar-refractivity contribution in [1.29, 1.82) is 0 Å². The van der Waals surface area contributed by atoms with Gasteiger partial charge in [0.05, 0.1) is 11.1 Å². The number of aromatic amines is 1. The van der Waals surface area contributed by atoms with Gasteiger partial charge in [0.1, 0.15) is 17.1 Å². The maximum atomic E-state index is 14.1. The number of nitrogens with one attached hydrogen (secondary N) is 3. The second kappa shape index (κ2) is 20.2. The summed E-state index contributed by atoms with van der Waals surface area (Å²) >= 11 is 8.30. The first-order valence-electron chi connectivity index (χ1n) is 18.5. The second-order valence-electron chi connectivity index (χ2n) is 13.6. The minimum Gasteiger partial charge on any atom is -0.368 e. The molecule has 290 valence electrons. The van der Waals surface area contributed by atoms with Crippen molar-refractivity contribution < 1.29 is 14.4 Å². The SMILES string of the molecule is Cc1cc(-c2cccnc2)cc(Cl)c1Sc1ncccc1CN[C@@H](CCCN)C(=O)N[C@@H](CCCCN)C(=O)N(C)[C@@H](Cc1c[nH]c2ccccc12)C(N)=O. The highest BCUT2D eigenvalue weighted by Gasteiger charge is 2.33. The van der Waals surface area contributed by atoms with E-state index in [0.717, 1.165) is 48.6 Å². The molecule has 5 aromatic rings. The summed E-state index contributed by atoms with van der Waals surface area (Å²) < 4.78 is 0. The van der Waals surface area contributed by atoms with Crippen molar-refractivity contribution in [2.75, 3.05) is 20.1 Å². The molecule has 5 rings (SSSR count). The number of pyridine rings is 2. The Hall–Kier alpha value is -4.79. The average molecular weight is 784 g/mol. The molecule has 3 heterocycles. The van der Waals surface area contributed by atoms with E-state index in [2.05, 4.69) is 31.7 Å². The zero-order chi connectivity index (χ0) is 39.3. The third kappa shape index (κ3) is 10.9. The van der Waals surface area contributed by atoms with Crippen LogP contribution in [-0.2, 0) is 27.3 Å². The monoisotopic (exact) mass is 783 g/mol. The Balaban J connectivity index is 1.31. The van der Waals surface area contributed by atoms with Crippen LogP contribution < -0.4 is 27.8 Å². The Morgan fingerprint density at radius 1 is 0.927 bits per heavy atom. The molecule has 0 radical (unpaired) electrons. The van der Waals surface area contributed by atoms with Crippen LogP contribution in [0.3, 0.4) is 0 Å². The van der Waals surface area contributed by atoms with Gasteiger partial charge >= 0.3 is 0 Å². The maximum absolute atomic E-state index is 14.1. The van der Waals surface area contributed by atoms with Crippen molar-refractivity contribution in [3.63, 3.8) is 0 Å². The topological polar surface area (TPSA) is 198 Å². The Labute approximate surface area is 331 Å². The van der Waals surface area contributed by atoms with E-state index in [1.54, 1.807) is 25.6 Å². The predicted molar refractivity (Wildman–Crippen MR) is 219 cm³/mol. The number of likely N-dealkylation sites (N-methyl/N-ethyl adjacent to an activating group) is 1. The zero-order valence-corrected chi connectivity index (χ0v) is 32.8. The first-order chi connectivity index (χ1) is 26.6. The number of para-hydroxylation sites is 1. The van der Waals surface area contributed by atoms with E-state index in [1.807, 2.05) is 67.7 Å². The van der Waals surface area contributed by atoms with E-state index in [1.165, 1.54) is 16.7 Å². The van der Waals surface area contributed by atoms with Crippen LogP contribution >= 0.6 is 23.4 Å². The summed E-state index contributed by atoms with van der Waals surface area (Å²) in [6.07, 6.45) is 9.95. The molecule has 55 heavy (non-hydrogen) atoms. The molecule has 2 aromatic carbocycles. The maximum Gasteiger partial charge on any atom is 0.245 e. The van der Waals surface area contributed by atoms with Gasteiger partial charge in [0.25, 0.3) is 0 Å². The standard InChI is InChI=1S/C41H50ClN9O3S/c1-26-20-29(27-10-8-18-46-23-27)21-32(42)37(26)55-40-28(11-9-19-47-40)24-49-34(15-7-17-44)39(53)50-35(14-5-6-16-43)41(54)51(2)36(38(45)52)22-30-25-48-33-13-4-3-12-31(30)33/h3-4,8-13,18-21,23,25,34-36,48-49H,5-7,14-17,22,24,43-44H2,1-2H3,(H2,45,52)(H,50,53)/t34-,35-,36-/m0/s1. The van der Waals surface area contributed by atoms with Crippen LogP contribution in [0.1, 0.15) is 48.8 Å². The van der Waals surface area contributed by atoms with Gasteiger partial charge < -0.3 is 37.7 Å². The summed E-state index contributed by atoms with van der Waals surface area (Å²) in [6.45, 7) is 3.17. The fraction of sp³-hybridized carbons (Fsp3) is 0.341. The van der Waals surface area contributed by atoms with Gasteiger partial charge in [-0.3, -0.25) is 19.4 Å². The van der Waals surface area contributed by atoms with Crippen LogP contribution in [0.4, 0.5) is 0 Å². The Bertz CT molecular complexity index is 2040. The summed E-state index contributed by atoms with van der Waals surface area (Å²) in [7, 11) is 1.56. The number of H-pyrrole nitrogens is 1. The third-order valence-electron chi connectivity index (χ3n) is 9.62. The van der Waals surface area contributed by atoms with Gasteiger partial charge in [-0.1, -0.05) is 59.8 Å². The molecule has 0 aliphatic heterocycles. The summed E-state index contributed by atoms with van der Waals surface area (Å²) in [4.78, 5) is 55.2. The van der Waals surface area contributed by atoms with Gasteiger partial charge in [-0.25, -0.2) is 4.98 Å². The lowest BCUT2D eigenvalue weighted by atomic mass is 10.0. The predicted octanol–water partition coefficient (Wildman–Crippen LogP) is 5.10. The Morgan fingerprint density at radius 2 is 1.69 bits per heavy atom. The molecule has 0 aliphatic carbocycles. The number of nitrogens with zero attached hydrogens (tertiary/aromatic N) is 3. The van der Waals surface area contributed by atoms with Gasteiger partial charge in [-0.05, 0) is 98.6 Å². The van der Waals surface area contributed by atoms with Gasteiger partial charge in [0, 0.05) is 66.2 Å². The number of benzene rings is 2. The highest BCUT2D eigenvalue weighted by atomic mass is 35.5. The number of carbonyl (C=O) groups excluding carboxylic acids is 3. The molecular weight excluding hydrogens is 734 g/mol. The molecule has 0 saturated heterocycles. The number of amides is 3. The number of nitrogens with two attached hydrogens (primary N) is 3. The van der Waals surface area contributed by atoms with Gasteiger partial charge in [-0.15, -0.1) is 0 Å². The number of hydrogen-bond acceptors (Lipinski definition) is 9. The molecule has 0 fully saturated rings. The molecule has 12 nitrogen and oxygen atoms in total. The first-order valence-corrected chi connectivity index (χ1v) is 19.7. The third-order valence-corrected chi connectivity index (χ3v) is 11.3. The first kappa shape index (κ1) is 41.4. The summed E-state index contributed by atoms with van der Waals surface area (Å²) in [5.74, 6) is -1.38. The van der Waals surface area contributed by atoms with Crippen molar-refractivity contribution in [2.24, 2.45) is 17.2 Å². The number of rotatable bonds is 20. The molecule has 0 aliphatic rings. The van der Waals surface area contributed by atoms with Gasteiger partial charge in [0.2, 0.25) is 17.7 Å². The molecular formula is C41H50ClN9O3S. The van der Waals surface area contributed by atoms with E-state index in [9.17, 15) is 14.4 Å². The van der Waals surface area contributed by atoms with Crippen LogP contribution in [0.5, 0.6) is 0 Å². The fourth-order valence-corrected chi connectivity index (χ4v) is 7.88. The summed E-state index contributed by atoms with van der Waals surface area (Å²) in [6, 6.07) is 16.9. The van der Waals surface area contributed by atoms with Crippen LogP contribution in [0.2, 0.25) is 5.02 Å². The van der Waals surface area contributed by atoms with Crippen molar-refractivity contribution in [3.05, 3.63) is 107 Å². The molecule has 9 N–H and O–H groups in total. The van der Waals surface area contributed by atoms with E-state index >= 15 is 0 Å². The molecule has 0 saturated carbocycles. The molecule has 3 amide bonds. The lowest BCUT2D eigenvalue weighted by molar-refractivity contribution is -0.141. The lowest BCUT2D eigenvalue weighted by Crippen LogP contribution is -2.56. The second-order valence-corrected chi connectivity index (χ2v) is 15.0. The number of fused-ring (bicyclic) bond motifs is 1. The van der Waals surface area contributed by atoms with E-state index in [0.29, 0.717) is 56.8 Å². The quantitative estimate of drug-likeness (QED) is 0.0582. The highest BCUT2D eigenvalue weighted by molar-refractivity contribution is 7.99. The van der Waals surface area contributed by atoms with Crippen LogP contribution in [-0.4, -0.2) is 75.8 Å². The van der Waals surface area contributed by atoms with Crippen molar-refractivity contribution in [1.82, 2.24) is 30.5 Å². The van der Waals surface area contributed by atoms with Crippen molar-refractivity contribution >= 4 is 52.0 Å². The van der Waals surface area contributed by atoms with E-state index < -0.39 is 29.9 Å². The minimum absolute atomic E-state index is 0.219. The highest BCUT2D eigenvalue weighted by Crippen LogP contribution is 2.39. The normalized spacial score (nSPS) is 13.0. The molecule has 0 unspecified atom stereocenters. The number of carbonyl (C=O) groups is 3. The zero-order valence-electron chi connectivity index (χ0n) is 31.3. The van der Waals surface area contributed by atoms with Crippen molar-refractivity contribution in [2.45, 2.75) is 80.0 Å². The van der Waals surface area contributed by atoms with Crippen molar-refractivity contribution in [3.8, 4) is 11.1 Å². The Morgan fingerprint density at radius 3 is 2.42 bits per heavy atom. The van der Waals surface area contributed by atoms with Crippen LogP contribution in [0.15, 0.2) is 95.4 Å². The largest absolute Gasteiger partial charge is 0.368 e. The molecule has 3 aromatic heterocycles. The molecule has 3 atom stereocenters. The average Bonchev–Trinajstić information content (AvgIpc) is 3.60. The van der Waals surface area contributed by atoms with E-state index in [-0.39, 0.29) is 12.3 Å². The molecule has 0 spiro atoms. The minimum atomic E-state index is -0.933. The number of halogens is 1. The number of unbranched alkanes of at least 4 members (excludes halogenated alkanes) is 1. The number of aryl methyl sites for hydroxylation is 1. The fourth-order valence-electron chi connectivity index (χ4n) is 6.55. The molecule has 14 heteroatoms. The van der Waals surface area contributed by atoms with Gasteiger partial charge in [-0.2, -0.15) is 0 Å². The summed E-state index contributed by atoms with van der Waals surface area (Å²) in [5.41, 5.74) is 23.1. The van der Waals surface area contributed by atoms with Crippen LogP contribution in [0.25, 0.3) is 22.0 Å². The molecule has 0 bridgehead atoms. The smallest absolute Gasteiger partial charge is 0.245 e. The number of primary amides is 1. The summed E-state index contributed by atoms with van der Waals surface area (Å²) in [5, 5.41) is 8.69. The number of aromatic nitrogens is 3. The van der Waals surface area contributed by atoms with E-state index in [4.69, 9.17) is 28.8 Å².